The van der Waals surface area contributed by atoms with Gasteiger partial charge < -0.3 is 25.2 Å². The van der Waals surface area contributed by atoms with E-state index in [0.717, 1.165) is 13.1 Å². The van der Waals surface area contributed by atoms with Gasteiger partial charge in [0.2, 0.25) is 5.43 Å². The van der Waals surface area contributed by atoms with Crippen LogP contribution in [0.15, 0.2) is 23.1 Å². The summed E-state index contributed by atoms with van der Waals surface area (Å²) in [5.41, 5.74) is 0.521. The maximum Gasteiger partial charge on any atom is 0.256 e. The lowest BCUT2D eigenvalue weighted by atomic mass is 10.1. The summed E-state index contributed by atoms with van der Waals surface area (Å²) >= 11 is 0. The van der Waals surface area contributed by atoms with Crippen LogP contribution in [0.3, 0.4) is 0 Å². The number of benzene rings is 1. The number of nitrogens with zero attached hydrogens (tertiary/aromatic N) is 2. The number of halogens is 1. The minimum absolute atomic E-state index is 0.0491. The van der Waals surface area contributed by atoms with E-state index in [-0.39, 0.29) is 17.5 Å². The summed E-state index contributed by atoms with van der Waals surface area (Å²) in [6.45, 7) is 7.24. The number of piperazine rings is 1. The number of carbonyl (C=O) groups excluding carboxylic acids is 1. The Hall–Kier alpha value is -2.45. The molecule has 2 heterocycles. The Kier molecular flexibility index (Phi) is 6.31. The van der Waals surface area contributed by atoms with Crippen LogP contribution >= 0.6 is 0 Å². The molecule has 28 heavy (non-hydrogen) atoms. The van der Waals surface area contributed by atoms with Crippen molar-refractivity contribution in [3.63, 3.8) is 0 Å². The van der Waals surface area contributed by atoms with E-state index in [1.165, 1.54) is 12.3 Å². The first-order valence-electron chi connectivity index (χ1n) is 9.74. The molecule has 1 saturated heterocycles. The third-order valence-corrected chi connectivity index (χ3v) is 5.16. The SMILES string of the molecule is CC[C@H](O)CNC(=O)c1cn(CC)c2cc(N3CCNCC3)c(F)cc2c1=O. The molecule has 1 atom stereocenters. The number of carbonyl (C=O) groups is 1. The molecule has 1 fully saturated rings. The molecule has 2 aromatic rings. The van der Waals surface area contributed by atoms with E-state index in [4.69, 9.17) is 0 Å². The van der Waals surface area contributed by atoms with Crippen LogP contribution in [0, 0.1) is 5.82 Å². The van der Waals surface area contributed by atoms with Crippen molar-refractivity contribution in [1.29, 1.82) is 0 Å². The number of amides is 1. The second kappa shape index (κ2) is 8.70. The highest BCUT2D eigenvalue weighted by Gasteiger charge is 2.20. The molecule has 1 aromatic heterocycles. The van der Waals surface area contributed by atoms with E-state index < -0.39 is 23.3 Å². The van der Waals surface area contributed by atoms with Crippen molar-refractivity contribution in [2.45, 2.75) is 32.9 Å². The largest absolute Gasteiger partial charge is 0.391 e. The van der Waals surface area contributed by atoms with Crippen molar-refractivity contribution >= 4 is 22.5 Å². The van der Waals surface area contributed by atoms with E-state index >= 15 is 0 Å². The van der Waals surface area contributed by atoms with Gasteiger partial charge in [-0.2, -0.15) is 0 Å². The molecule has 0 bridgehead atoms. The van der Waals surface area contributed by atoms with E-state index in [1.54, 1.807) is 17.6 Å². The molecule has 0 aliphatic carbocycles. The van der Waals surface area contributed by atoms with Gasteiger partial charge in [0.25, 0.3) is 5.91 Å². The Labute approximate surface area is 163 Å². The zero-order valence-corrected chi connectivity index (χ0v) is 16.3. The molecule has 0 spiro atoms. The van der Waals surface area contributed by atoms with Gasteiger partial charge in [0, 0.05) is 50.9 Å². The lowest BCUT2D eigenvalue weighted by molar-refractivity contribution is 0.0912. The van der Waals surface area contributed by atoms with Gasteiger partial charge in [-0.25, -0.2) is 4.39 Å². The Bertz CT molecular complexity index is 922. The highest BCUT2D eigenvalue weighted by molar-refractivity contribution is 5.97. The van der Waals surface area contributed by atoms with Crippen molar-refractivity contribution in [3.05, 3.63) is 39.9 Å². The molecule has 152 valence electrons. The summed E-state index contributed by atoms with van der Waals surface area (Å²) in [7, 11) is 0. The normalized spacial score (nSPS) is 15.6. The third-order valence-electron chi connectivity index (χ3n) is 5.16. The van der Waals surface area contributed by atoms with Gasteiger partial charge in [-0.1, -0.05) is 6.92 Å². The zero-order chi connectivity index (χ0) is 20.3. The molecule has 0 unspecified atom stereocenters. The summed E-state index contributed by atoms with van der Waals surface area (Å²) < 4.78 is 16.6. The van der Waals surface area contributed by atoms with Crippen LogP contribution in [0.2, 0.25) is 0 Å². The maximum absolute atomic E-state index is 14.8. The summed E-state index contributed by atoms with van der Waals surface area (Å²) in [5.74, 6) is -1.03. The molecule has 1 amide bonds. The number of aliphatic hydroxyl groups excluding tert-OH is 1. The molecule has 8 heteroatoms. The predicted molar refractivity (Wildman–Crippen MR) is 108 cm³/mol. The lowest BCUT2D eigenvalue weighted by Gasteiger charge is -2.30. The quantitative estimate of drug-likeness (QED) is 0.687. The standard InChI is InChI=1S/C20H27FN4O3/c1-3-13(26)11-23-20(28)15-12-24(4-2)17-10-18(25-7-5-22-6-8-25)16(21)9-14(17)19(15)27/h9-10,12-13,22,26H,3-8,11H2,1-2H3,(H,23,28)/t13-/m0/s1. The summed E-state index contributed by atoms with van der Waals surface area (Å²) in [6, 6.07) is 2.93. The number of fused-ring (bicyclic) bond motifs is 1. The average molecular weight is 390 g/mol. The molecule has 0 radical (unpaired) electrons. The van der Waals surface area contributed by atoms with E-state index in [2.05, 4.69) is 10.6 Å². The highest BCUT2D eigenvalue weighted by atomic mass is 19.1. The van der Waals surface area contributed by atoms with E-state index in [0.29, 0.717) is 37.3 Å². The maximum atomic E-state index is 14.8. The minimum atomic E-state index is -0.670. The van der Waals surface area contributed by atoms with Crippen LogP contribution in [0.25, 0.3) is 10.9 Å². The summed E-state index contributed by atoms with van der Waals surface area (Å²) in [6.07, 6.45) is 1.34. The number of aryl methyl sites for hydroxylation is 1. The van der Waals surface area contributed by atoms with E-state index in [1.807, 2.05) is 11.8 Å². The van der Waals surface area contributed by atoms with Crippen LogP contribution < -0.4 is 21.0 Å². The number of pyridine rings is 1. The number of hydrogen-bond donors (Lipinski definition) is 3. The molecule has 0 saturated carbocycles. The first-order valence-corrected chi connectivity index (χ1v) is 9.74. The molecule has 1 aromatic carbocycles. The second-order valence-corrected chi connectivity index (χ2v) is 6.99. The Morgan fingerprint density at radius 2 is 2.04 bits per heavy atom. The minimum Gasteiger partial charge on any atom is -0.391 e. The molecule has 7 nitrogen and oxygen atoms in total. The van der Waals surface area contributed by atoms with Crippen molar-refractivity contribution in [2.75, 3.05) is 37.6 Å². The highest BCUT2D eigenvalue weighted by Crippen LogP contribution is 2.25. The summed E-state index contributed by atoms with van der Waals surface area (Å²) in [5, 5.41) is 15.6. The number of hydrogen-bond acceptors (Lipinski definition) is 5. The molecule has 3 N–H and O–H groups in total. The lowest BCUT2D eigenvalue weighted by Crippen LogP contribution is -2.44. The van der Waals surface area contributed by atoms with Crippen molar-refractivity contribution in [1.82, 2.24) is 15.2 Å². The summed E-state index contributed by atoms with van der Waals surface area (Å²) in [4.78, 5) is 27.3. The van der Waals surface area contributed by atoms with Crippen LogP contribution in [-0.2, 0) is 6.54 Å². The number of aromatic nitrogens is 1. The fourth-order valence-electron chi connectivity index (χ4n) is 3.42. The van der Waals surface area contributed by atoms with Gasteiger partial charge in [-0.3, -0.25) is 9.59 Å². The number of aliphatic hydroxyl groups is 1. The van der Waals surface area contributed by atoms with Gasteiger partial charge in [0.05, 0.1) is 17.3 Å². The smallest absolute Gasteiger partial charge is 0.256 e. The molecule has 1 aliphatic rings. The zero-order valence-electron chi connectivity index (χ0n) is 16.3. The Balaban J connectivity index is 2.04. The number of rotatable bonds is 6. The Morgan fingerprint density at radius 3 is 2.68 bits per heavy atom. The molecular weight excluding hydrogens is 363 g/mol. The van der Waals surface area contributed by atoms with Gasteiger partial charge in [-0.05, 0) is 25.5 Å². The van der Waals surface area contributed by atoms with Crippen molar-refractivity contribution in [2.24, 2.45) is 0 Å². The molecular formula is C20H27FN4O3. The van der Waals surface area contributed by atoms with E-state index in [9.17, 15) is 19.1 Å². The number of nitrogens with one attached hydrogen (secondary N) is 2. The average Bonchev–Trinajstić information content (AvgIpc) is 2.72. The van der Waals surface area contributed by atoms with Gasteiger partial charge >= 0.3 is 0 Å². The first kappa shape index (κ1) is 20.3. The van der Waals surface area contributed by atoms with Crippen LogP contribution in [0.4, 0.5) is 10.1 Å². The van der Waals surface area contributed by atoms with Crippen LogP contribution in [0.1, 0.15) is 30.6 Å². The van der Waals surface area contributed by atoms with Gasteiger partial charge in [0.15, 0.2) is 0 Å². The molecule has 3 rings (SSSR count). The van der Waals surface area contributed by atoms with Crippen LogP contribution in [0.5, 0.6) is 0 Å². The van der Waals surface area contributed by atoms with Crippen molar-refractivity contribution in [3.8, 4) is 0 Å². The van der Waals surface area contributed by atoms with Gasteiger partial charge in [0.1, 0.15) is 11.4 Å². The fraction of sp³-hybridized carbons (Fsp3) is 0.500. The molecule has 1 aliphatic heterocycles. The van der Waals surface area contributed by atoms with Crippen molar-refractivity contribution < 1.29 is 14.3 Å². The predicted octanol–water partition coefficient (Wildman–Crippen LogP) is 1.07. The van der Waals surface area contributed by atoms with Gasteiger partial charge in [-0.15, -0.1) is 0 Å². The number of anilines is 1. The second-order valence-electron chi connectivity index (χ2n) is 6.99. The Morgan fingerprint density at radius 1 is 1.32 bits per heavy atom. The fourth-order valence-corrected chi connectivity index (χ4v) is 3.42. The first-order chi connectivity index (χ1) is 13.5. The topological polar surface area (TPSA) is 86.6 Å². The third kappa shape index (κ3) is 4.02. The van der Waals surface area contributed by atoms with Crippen LogP contribution in [-0.4, -0.2) is 54.4 Å². The monoisotopic (exact) mass is 390 g/mol.